The quantitative estimate of drug-likeness (QED) is 0.839. The Kier molecular flexibility index (Phi) is 4.31. The highest BCUT2D eigenvalue weighted by Crippen LogP contribution is 2.36. The summed E-state index contributed by atoms with van der Waals surface area (Å²) < 4.78 is 0. The molecule has 1 amide bonds. The third-order valence-corrected chi connectivity index (χ3v) is 4.63. The van der Waals surface area contributed by atoms with E-state index >= 15 is 0 Å². The van der Waals surface area contributed by atoms with Crippen molar-refractivity contribution in [1.29, 1.82) is 0 Å². The normalized spacial score (nSPS) is 28.9. The Bertz CT molecular complexity index is 295. The van der Waals surface area contributed by atoms with Crippen molar-refractivity contribution in [3.8, 4) is 0 Å². The van der Waals surface area contributed by atoms with Gasteiger partial charge < -0.3 is 10.6 Å². The van der Waals surface area contributed by atoms with Gasteiger partial charge in [-0.05, 0) is 44.9 Å². The third-order valence-electron chi connectivity index (χ3n) is 4.63. The molecule has 104 valence electrons. The molecule has 0 radical (unpaired) electrons. The summed E-state index contributed by atoms with van der Waals surface area (Å²) in [7, 11) is 0. The predicted molar refractivity (Wildman–Crippen MR) is 74.1 cm³/mol. The molecule has 0 bridgehead atoms. The number of piperidine rings is 1. The first-order valence-electron chi connectivity index (χ1n) is 7.52. The van der Waals surface area contributed by atoms with Crippen molar-refractivity contribution in [2.75, 3.05) is 13.1 Å². The lowest BCUT2D eigenvalue weighted by Crippen LogP contribution is -2.45. The van der Waals surface area contributed by atoms with Crippen LogP contribution in [0.2, 0.25) is 0 Å². The van der Waals surface area contributed by atoms with Crippen LogP contribution in [-0.2, 0) is 4.79 Å². The molecule has 1 heterocycles. The standard InChI is InChI=1S/C15H28N2O/c1-15(2,16)9-7-14(18)17-10-8-12-5-3-4-6-13(12)11-17/h12-13H,3-11,16H2,1-2H3. The molecule has 0 spiro atoms. The molecule has 1 saturated heterocycles. The first-order chi connectivity index (χ1) is 8.46. The van der Waals surface area contributed by atoms with E-state index in [1.54, 1.807) is 0 Å². The first-order valence-corrected chi connectivity index (χ1v) is 7.52. The van der Waals surface area contributed by atoms with Gasteiger partial charge in [0.1, 0.15) is 0 Å². The van der Waals surface area contributed by atoms with Crippen molar-refractivity contribution in [3.05, 3.63) is 0 Å². The summed E-state index contributed by atoms with van der Waals surface area (Å²) >= 11 is 0. The van der Waals surface area contributed by atoms with Crippen LogP contribution in [0.3, 0.4) is 0 Å². The number of nitrogens with two attached hydrogens (primary N) is 1. The Labute approximate surface area is 111 Å². The van der Waals surface area contributed by atoms with E-state index in [2.05, 4.69) is 4.90 Å². The number of amides is 1. The third kappa shape index (κ3) is 3.71. The number of likely N-dealkylation sites (tertiary alicyclic amines) is 1. The van der Waals surface area contributed by atoms with Gasteiger partial charge in [0.05, 0.1) is 0 Å². The Morgan fingerprint density at radius 2 is 1.89 bits per heavy atom. The maximum atomic E-state index is 12.2. The van der Waals surface area contributed by atoms with Crippen LogP contribution in [0.4, 0.5) is 0 Å². The summed E-state index contributed by atoms with van der Waals surface area (Å²) in [6.45, 7) is 5.97. The Hall–Kier alpha value is -0.570. The van der Waals surface area contributed by atoms with Gasteiger partial charge in [-0.2, -0.15) is 0 Å². The molecule has 0 aromatic carbocycles. The van der Waals surface area contributed by atoms with Crippen LogP contribution in [0.1, 0.15) is 58.8 Å². The second-order valence-corrected chi connectivity index (χ2v) is 6.92. The monoisotopic (exact) mass is 252 g/mol. The second kappa shape index (κ2) is 5.60. The lowest BCUT2D eigenvalue weighted by molar-refractivity contribution is -0.134. The smallest absolute Gasteiger partial charge is 0.222 e. The van der Waals surface area contributed by atoms with Gasteiger partial charge in [-0.15, -0.1) is 0 Å². The van der Waals surface area contributed by atoms with Crippen LogP contribution in [0.5, 0.6) is 0 Å². The first kappa shape index (κ1) is 13.9. The van der Waals surface area contributed by atoms with E-state index in [1.807, 2.05) is 13.8 Å². The molecule has 2 atom stereocenters. The Balaban J connectivity index is 1.81. The lowest BCUT2D eigenvalue weighted by atomic mass is 9.75. The molecule has 3 heteroatoms. The highest BCUT2D eigenvalue weighted by atomic mass is 16.2. The molecule has 2 rings (SSSR count). The Morgan fingerprint density at radius 3 is 2.56 bits per heavy atom. The van der Waals surface area contributed by atoms with E-state index < -0.39 is 0 Å². The molecule has 1 aliphatic carbocycles. The molecule has 2 N–H and O–H groups in total. The topological polar surface area (TPSA) is 46.3 Å². The maximum absolute atomic E-state index is 12.2. The fraction of sp³-hybridized carbons (Fsp3) is 0.933. The van der Waals surface area contributed by atoms with Crippen LogP contribution >= 0.6 is 0 Å². The van der Waals surface area contributed by atoms with E-state index in [4.69, 9.17) is 5.73 Å². The zero-order valence-corrected chi connectivity index (χ0v) is 12.0. The molecule has 0 aromatic heterocycles. The van der Waals surface area contributed by atoms with Gasteiger partial charge in [-0.25, -0.2) is 0 Å². The van der Waals surface area contributed by atoms with Gasteiger partial charge in [-0.3, -0.25) is 4.79 Å². The van der Waals surface area contributed by atoms with Gasteiger partial charge in [0.15, 0.2) is 0 Å². The molecule has 2 unspecified atom stereocenters. The minimum atomic E-state index is -0.223. The van der Waals surface area contributed by atoms with Crippen LogP contribution < -0.4 is 5.73 Å². The van der Waals surface area contributed by atoms with Crippen LogP contribution in [0.25, 0.3) is 0 Å². The molecule has 3 nitrogen and oxygen atoms in total. The highest BCUT2D eigenvalue weighted by Gasteiger charge is 2.32. The van der Waals surface area contributed by atoms with E-state index in [0.29, 0.717) is 12.3 Å². The minimum Gasteiger partial charge on any atom is -0.342 e. The van der Waals surface area contributed by atoms with Gasteiger partial charge in [-0.1, -0.05) is 19.3 Å². The van der Waals surface area contributed by atoms with Crippen molar-refractivity contribution in [3.63, 3.8) is 0 Å². The lowest BCUT2D eigenvalue weighted by Gasteiger charge is -2.41. The molecular weight excluding hydrogens is 224 g/mol. The maximum Gasteiger partial charge on any atom is 0.222 e. The predicted octanol–water partition coefficient (Wildman–Crippen LogP) is 2.54. The number of rotatable bonds is 3. The zero-order chi connectivity index (χ0) is 13.2. The summed E-state index contributed by atoms with van der Waals surface area (Å²) in [5.74, 6) is 1.99. The van der Waals surface area contributed by atoms with Crippen molar-refractivity contribution >= 4 is 5.91 Å². The fourth-order valence-electron chi connectivity index (χ4n) is 3.41. The largest absolute Gasteiger partial charge is 0.342 e. The highest BCUT2D eigenvalue weighted by molar-refractivity contribution is 5.76. The molecular formula is C15H28N2O. The Morgan fingerprint density at radius 1 is 1.22 bits per heavy atom. The average Bonchev–Trinajstić information content (AvgIpc) is 2.34. The van der Waals surface area contributed by atoms with E-state index in [1.165, 1.54) is 32.1 Å². The number of carbonyl (C=O) groups is 1. The summed E-state index contributed by atoms with van der Waals surface area (Å²) in [5, 5.41) is 0. The van der Waals surface area contributed by atoms with Crippen LogP contribution in [-0.4, -0.2) is 29.4 Å². The zero-order valence-electron chi connectivity index (χ0n) is 12.0. The molecule has 18 heavy (non-hydrogen) atoms. The number of nitrogens with zero attached hydrogens (tertiary/aromatic N) is 1. The molecule has 2 aliphatic rings. The number of hydrogen-bond donors (Lipinski definition) is 1. The SMILES string of the molecule is CC(C)(N)CCC(=O)N1CCC2CCCCC2C1. The number of hydrogen-bond acceptors (Lipinski definition) is 2. The van der Waals surface area contributed by atoms with Crippen LogP contribution in [0, 0.1) is 11.8 Å². The van der Waals surface area contributed by atoms with Gasteiger partial charge in [0, 0.05) is 25.0 Å². The summed E-state index contributed by atoms with van der Waals surface area (Å²) in [6, 6.07) is 0. The van der Waals surface area contributed by atoms with E-state index in [0.717, 1.165) is 31.3 Å². The van der Waals surface area contributed by atoms with E-state index in [9.17, 15) is 4.79 Å². The number of fused-ring (bicyclic) bond motifs is 1. The van der Waals surface area contributed by atoms with Gasteiger partial charge in [0.2, 0.25) is 5.91 Å². The molecule has 2 fully saturated rings. The van der Waals surface area contributed by atoms with Gasteiger partial charge in [0.25, 0.3) is 0 Å². The number of carbonyl (C=O) groups excluding carboxylic acids is 1. The second-order valence-electron chi connectivity index (χ2n) is 6.92. The molecule has 1 aliphatic heterocycles. The summed E-state index contributed by atoms with van der Waals surface area (Å²) in [4.78, 5) is 14.3. The van der Waals surface area contributed by atoms with Crippen molar-refractivity contribution in [2.24, 2.45) is 17.6 Å². The molecule has 1 saturated carbocycles. The summed E-state index contributed by atoms with van der Waals surface area (Å²) in [5.41, 5.74) is 5.73. The van der Waals surface area contributed by atoms with Crippen molar-refractivity contribution in [1.82, 2.24) is 4.90 Å². The average molecular weight is 252 g/mol. The van der Waals surface area contributed by atoms with E-state index in [-0.39, 0.29) is 5.54 Å². The minimum absolute atomic E-state index is 0.223. The van der Waals surface area contributed by atoms with Crippen LogP contribution in [0.15, 0.2) is 0 Å². The fourth-order valence-corrected chi connectivity index (χ4v) is 3.41. The van der Waals surface area contributed by atoms with Crippen molar-refractivity contribution < 1.29 is 4.79 Å². The molecule has 0 aromatic rings. The van der Waals surface area contributed by atoms with Crippen molar-refractivity contribution in [2.45, 2.75) is 64.3 Å². The van der Waals surface area contributed by atoms with Gasteiger partial charge >= 0.3 is 0 Å². The summed E-state index contributed by atoms with van der Waals surface area (Å²) in [6.07, 6.45) is 8.11.